The molecule has 1 unspecified atom stereocenters. The van der Waals surface area contributed by atoms with E-state index in [0.717, 1.165) is 12.1 Å². The first-order valence-electron chi connectivity index (χ1n) is 11.1. The molecule has 11 heteroatoms. The van der Waals surface area contributed by atoms with Gasteiger partial charge in [0.05, 0.1) is 29.1 Å². The minimum Gasteiger partial charge on any atom is -0.503 e. The highest BCUT2D eigenvalue weighted by molar-refractivity contribution is 9.10. The molecular formula is C26H23BrF3N3O4. The van der Waals surface area contributed by atoms with E-state index in [0.29, 0.717) is 33.4 Å². The smallest absolute Gasteiger partial charge is 0.503 e. The standard InChI is InChI=1S/C26H23BrF3N3O4/c1-25(2)10-18-22(19(34)11-25)21(13-8-17(27)23(35)20(9-13)36-3)16(12-31)24(32)33(18)14-4-6-15(7-5-14)37-26(28,29)30/h4-9,21,35H,10-11,32H2,1-3H3. The number of anilines is 1. The zero-order chi connectivity index (χ0) is 27.3. The van der Waals surface area contributed by atoms with E-state index in [2.05, 4.69) is 26.7 Å². The van der Waals surface area contributed by atoms with Crippen molar-refractivity contribution in [2.75, 3.05) is 12.0 Å². The number of carbonyl (C=O) groups is 1. The maximum Gasteiger partial charge on any atom is 0.573 e. The third-order valence-electron chi connectivity index (χ3n) is 6.31. The Hall–Kier alpha value is -3.65. The molecule has 2 aliphatic rings. The predicted octanol–water partition coefficient (Wildman–Crippen LogP) is 6.00. The van der Waals surface area contributed by atoms with Crippen LogP contribution >= 0.6 is 15.9 Å². The zero-order valence-electron chi connectivity index (χ0n) is 20.1. The number of halogens is 4. The number of ketones is 1. The fourth-order valence-corrected chi connectivity index (χ4v) is 5.31. The summed E-state index contributed by atoms with van der Waals surface area (Å²) in [5.41, 5.74) is 8.00. The summed E-state index contributed by atoms with van der Waals surface area (Å²) < 4.78 is 47.5. The van der Waals surface area contributed by atoms with Crippen molar-refractivity contribution in [1.82, 2.24) is 0 Å². The van der Waals surface area contributed by atoms with Gasteiger partial charge in [0.1, 0.15) is 11.6 Å². The van der Waals surface area contributed by atoms with E-state index in [1.54, 1.807) is 17.0 Å². The van der Waals surface area contributed by atoms with Gasteiger partial charge in [-0.1, -0.05) is 13.8 Å². The van der Waals surface area contributed by atoms with Crippen molar-refractivity contribution >= 4 is 27.4 Å². The number of allylic oxidation sites excluding steroid dienone is 3. The fraction of sp³-hybridized carbons (Fsp3) is 0.308. The zero-order valence-corrected chi connectivity index (χ0v) is 21.7. The number of benzene rings is 2. The number of nitriles is 1. The van der Waals surface area contributed by atoms with E-state index in [9.17, 15) is 28.3 Å². The summed E-state index contributed by atoms with van der Waals surface area (Å²) in [6, 6.07) is 10.3. The normalized spacial score (nSPS) is 19.5. The summed E-state index contributed by atoms with van der Waals surface area (Å²) in [5.74, 6) is -1.37. The lowest BCUT2D eigenvalue weighted by molar-refractivity contribution is -0.274. The predicted molar refractivity (Wildman–Crippen MR) is 133 cm³/mol. The Morgan fingerprint density at radius 2 is 1.86 bits per heavy atom. The third-order valence-corrected chi connectivity index (χ3v) is 6.92. The van der Waals surface area contributed by atoms with E-state index in [1.807, 2.05) is 13.8 Å². The SMILES string of the molecule is COc1cc(C2C(C#N)=C(N)N(c3ccc(OC(F)(F)F)cc3)C3=C2C(=O)CC(C)(C)C3)cc(Br)c1O. The van der Waals surface area contributed by atoms with Crippen molar-refractivity contribution in [2.45, 2.75) is 39.0 Å². The third kappa shape index (κ3) is 4.98. The van der Waals surface area contributed by atoms with Crippen LogP contribution in [0.3, 0.4) is 0 Å². The number of nitrogens with two attached hydrogens (primary N) is 1. The monoisotopic (exact) mass is 577 g/mol. The lowest BCUT2D eigenvalue weighted by Crippen LogP contribution is -2.42. The molecule has 0 aromatic heterocycles. The Labute approximate surface area is 219 Å². The molecule has 0 saturated carbocycles. The number of hydrogen-bond acceptors (Lipinski definition) is 7. The Bertz CT molecular complexity index is 1380. The molecule has 0 spiro atoms. The number of phenols is 1. The molecule has 2 aromatic carbocycles. The average Bonchev–Trinajstić information content (AvgIpc) is 2.79. The minimum atomic E-state index is -4.85. The molecule has 1 heterocycles. The summed E-state index contributed by atoms with van der Waals surface area (Å²) >= 11 is 3.30. The van der Waals surface area contributed by atoms with Gasteiger partial charge in [-0.05, 0) is 69.7 Å². The van der Waals surface area contributed by atoms with Crippen molar-refractivity contribution < 1.29 is 32.5 Å². The maximum absolute atomic E-state index is 13.6. The van der Waals surface area contributed by atoms with Gasteiger partial charge in [-0.15, -0.1) is 13.2 Å². The molecule has 0 radical (unpaired) electrons. The molecule has 0 fully saturated rings. The summed E-state index contributed by atoms with van der Waals surface area (Å²) in [6.07, 6.45) is -4.20. The van der Waals surface area contributed by atoms with Gasteiger partial charge in [-0.3, -0.25) is 9.69 Å². The van der Waals surface area contributed by atoms with Gasteiger partial charge in [0.2, 0.25) is 0 Å². The molecule has 1 aliphatic carbocycles. The molecule has 7 nitrogen and oxygen atoms in total. The van der Waals surface area contributed by atoms with Gasteiger partial charge in [0.15, 0.2) is 17.3 Å². The van der Waals surface area contributed by atoms with Crippen LogP contribution in [0, 0.1) is 16.7 Å². The molecule has 3 N–H and O–H groups in total. The number of carbonyl (C=O) groups excluding carboxylic acids is 1. The second-order valence-electron chi connectivity index (χ2n) is 9.58. The van der Waals surface area contributed by atoms with E-state index in [-0.39, 0.29) is 35.1 Å². The Balaban J connectivity index is 1.93. The minimum absolute atomic E-state index is 0.0457. The molecule has 194 valence electrons. The molecule has 1 atom stereocenters. The number of methoxy groups -OCH3 is 1. The number of Topliss-reactive ketones (excluding diaryl/α,β-unsaturated/α-hetero) is 1. The number of alkyl halides is 3. The quantitative estimate of drug-likeness (QED) is 0.458. The highest BCUT2D eigenvalue weighted by atomic mass is 79.9. The highest BCUT2D eigenvalue weighted by Gasteiger charge is 2.45. The fourth-order valence-electron chi connectivity index (χ4n) is 4.85. The van der Waals surface area contributed by atoms with Gasteiger partial charge < -0.3 is 20.3 Å². The van der Waals surface area contributed by atoms with E-state index >= 15 is 0 Å². The van der Waals surface area contributed by atoms with E-state index in [4.69, 9.17) is 10.5 Å². The first kappa shape index (κ1) is 26.4. The Morgan fingerprint density at radius 3 is 2.43 bits per heavy atom. The molecule has 37 heavy (non-hydrogen) atoms. The molecule has 0 amide bonds. The van der Waals surface area contributed by atoms with Gasteiger partial charge in [-0.25, -0.2) is 0 Å². The van der Waals surface area contributed by atoms with Gasteiger partial charge in [-0.2, -0.15) is 5.26 Å². The molecule has 0 bridgehead atoms. The highest BCUT2D eigenvalue weighted by Crippen LogP contribution is 2.51. The van der Waals surface area contributed by atoms with Gasteiger partial charge >= 0.3 is 6.36 Å². The summed E-state index contributed by atoms with van der Waals surface area (Å²) in [7, 11) is 1.38. The topological polar surface area (TPSA) is 109 Å². The van der Waals surface area contributed by atoms with E-state index in [1.165, 1.54) is 19.2 Å². The van der Waals surface area contributed by atoms with Crippen LogP contribution in [0.4, 0.5) is 18.9 Å². The van der Waals surface area contributed by atoms with Crippen LogP contribution < -0.4 is 20.1 Å². The number of hydrogen-bond donors (Lipinski definition) is 2. The Morgan fingerprint density at radius 1 is 1.22 bits per heavy atom. The second kappa shape index (κ2) is 9.34. The van der Waals surface area contributed by atoms with Crippen molar-refractivity contribution in [1.29, 1.82) is 5.26 Å². The van der Waals surface area contributed by atoms with Crippen molar-refractivity contribution in [3.05, 3.63) is 69.1 Å². The van der Waals surface area contributed by atoms with Gasteiger partial charge in [0.25, 0.3) is 0 Å². The summed E-state index contributed by atoms with van der Waals surface area (Å²) in [5, 5.41) is 20.5. The average molecular weight is 578 g/mol. The number of rotatable bonds is 4. The number of nitrogens with zero attached hydrogens (tertiary/aromatic N) is 2. The second-order valence-corrected chi connectivity index (χ2v) is 10.4. The van der Waals surface area contributed by atoms with Crippen LogP contribution in [0.2, 0.25) is 0 Å². The van der Waals surface area contributed by atoms with Gasteiger partial charge in [0, 0.05) is 23.4 Å². The van der Waals surface area contributed by atoms with Crippen LogP contribution in [0.25, 0.3) is 0 Å². The van der Waals surface area contributed by atoms with Crippen molar-refractivity contribution in [3.63, 3.8) is 0 Å². The molecule has 4 rings (SSSR count). The lowest BCUT2D eigenvalue weighted by Gasteiger charge is -2.43. The van der Waals surface area contributed by atoms with Crippen LogP contribution in [-0.2, 0) is 4.79 Å². The molecule has 2 aromatic rings. The largest absolute Gasteiger partial charge is 0.573 e. The first-order valence-corrected chi connectivity index (χ1v) is 11.9. The molecule has 0 saturated heterocycles. The number of phenolic OH excluding ortho intramolecular Hbond substituents is 1. The molecule has 1 aliphatic heterocycles. The Kier molecular flexibility index (Phi) is 6.67. The summed E-state index contributed by atoms with van der Waals surface area (Å²) in [6.45, 7) is 3.87. The number of ether oxygens (including phenoxy) is 2. The van der Waals surface area contributed by atoms with E-state index < -0.39 is 23.4 Å². The van der Waals surface area contributed by atoms with Crippen LogP contribution in [-0.4, -0.2) is 24.4 Å². The van der Waals surface area contributed by atoms with Crippen molar-refractivity contribution in [3.8, 4) is 23.3 Å². The number of aromatic hydroxyl groups is 1. The maximum atomic E-state index is 13.6. The van der Waals surface area contributed by atoms with Crippen molar-refractivity contribution in [2.24, 2.45) is 11.1 Å². The first-order chi connectivity index (χ1) is 17.3. The van der Waals surface area contributed by atoms with Crippen LogP contribution in [0.15, 0.2) is 63.5 Å². The summed E-state index contributed by atoms with van der Waals surface area (Å²) in [4.78, 5) is 15.1. The molecular weight excluding hydrogens is 555 g/mol. The lowest BCUT2D eigenvalue weighted by atomic mass is 9.68. The van der Waals surface area contributed by atoms with Crippen LogP contribution in [0.1, 0.15) is 38.2 Å². The van der Waals surface area contributed by atoms with Crippen LogP contribution in [0.5, 0.6) is 17.2 Å².